The van der Waals surface area contributed by atoms with Gasteiger partial charge in [0.25, 0.3) is 0 Å². The highest BCUT2D eigenvalue weighted by Gasteiger charge is 2.12. The van der Waals surface area contributed by atoms with E-state index < -0.39 is 10.0 Å². The molecule has 6 heteroatoms. The Bertz CT molecular complexity index is 215. The minimum Gasteiger partial charge on any atom is -0.395 e. The van der Waals surface area contributed by atoms with Gasteiger partial charge in [0, 0.05) is 19.8 Å². The van der Waals surface area contributed by atoms with Crippen molar-refractivity contribution in [1.82, 2.24) is 4.72 Å². The summed E-state index contributed by atoms with van der Waals surface area (Å²) in [5, 5.41) is 8.45. The molecule has 0 fully saturated rings. The lowest BCUT2D eigenvalue weighted by atomic mass is 10.3. The lowest BCUT2D eigenvalue weighted by molar-refractivity contribution is 0.188. The molecule has 80 valence electrons. The van der Waals surface area contributed by atoms with Gasteiger partial charge in [0.15, 0.2) is 0 Å². The topological polar surface area (TPSA) is 75.6 Å². The summed E-state index contributed by atoms with van der Waals surface area (Å²) in [6.45, 7) is 1.92. The van der Waals surface area contributed by atoms with Crippen LogP contribution in [0.2, 0.25) is 0 Å². The van der Waals surface area contributed by atoms with E-state index in [1.165, 1.54) is 0 Å². The second-order valence-electron chi connectivity index (χ2n) is 2.84. The number of ether oxygens (including phenoxy) is 1. The molecule has 0 saturated carbocycles. The van der Waals surface area contributed by atoms with Crippen molar-refractivity contribution in [3.05, 3.63) is 0 Å². The molecule has 0 radical (unpaired) electrons. The van der Waals surface area contributed by atoms with Crippen LogP contribution in [0.3, 0.4) is 0 Å². The van der Waals surface area contributed by atoms with Crippen molar-refractivity contribution in [2.45, 2.75) is 19.4 Å². The quantitative estimate of drug-likeness (QED) is 0.585. The maximum atomic E-state index is 11.1. The van der Waals surface area contributed by atoms with E-state index in [2.05, 4.69) is 4.72 Å². The number of nitrogens with one attached hydrogen (secondary N) is 1. The lowest BCUT2D eigenvalue weighted by Gasteiger charge is -2.12. The van der Waals surface area contributed by atoms with Gasteiger partial charge in [0.1, 0.15) is 0 Å². The van der Waals surface area contributed by atoms with Crippen LogP contribution < -0.4 is 4.72 Å². The highest BCUT2D eigenvalue weighted by Crippen LogP contribution is 1.94. The van der Waals surface area contributed by atoms with Crippen molar-refractivity contribution in [1.29, 1.82) is 0 Å². The molecule has 13 heavy (non-hydrogen) atoms. The van der Waals surface area contributed by atoms with E-state index in [9.17, 15) is 8.42 Å². The summed E-state index contributed by atoms with van der Waals surface area (Å²) >= 11 is 0. The molecule has 0 rings (SSSR count). The van der Waals surface area contributed by atoms with Gasteiger partial charge in [-0.2, -0.15) is 0 Å². The Kier molecular flexibility index (Phi) is 6.23. The van der Waals surface area contributed by atoms with Crippen LogP contribution in [0, 0.1) is 0 Å². The second-order valence-corrected chi connectivity index (χ2v) is 4.72. The van der Waals surface area contributed by atoms with Crippen LogP contribution >= 0.6 is 0 Å². The summed E-state index contributed by atoms with van der Waals surface area (Å²) < 4.78 is 29.4. The molecule has 0 bridgehead atoms. The summed E-state index contributed by atoms with van der Waals surface area (Å²) in [6, 6.07) is -0.156. The molecule has 0 heterocycles. The fraction of sp³-hybridized carbons (Fsp3) is 1.00. The summed E-state index contributed by atoms with van der Waals surface area (Å²) in [7, 11) is -1.75. The van der Waals surface area contributed by atoms with E-state index in [0.29, 0.717) is 13.0 Å². The first kappa shape index (κ1) is 12.8. The summed E-state index contributed by atoms with van der Waals surface area (Å²) in [5.41, 5.74) is 0. The molecular formula is C7H17NO4S. The largest absolute Gasteiger partial charge is 0.395 e. The molecular weight excluding hydrogens is 194 g/mol. The molecule has 1 atom stereocenters. The minimum absolute atomic E-state index is 0.156. The van der Waals surface area contributed by atoms with Gasteiger partial charge in [-0.25, -0.2) is 13.1 Å². The Labute approximate surface area is 79.1 Å². The van der Waals surface area contributed by atoms with Crippen LogP contribution in [0.25, 0.3) is 0 Å². The Balaban J connectivity index is 3.82. The van der Waals surface area contributed by atoms with Crippen molar-refractivity contribution in [3.63, 3.8) is 0 Å². The predicted octanol–water partition coefficient (Wildman–Crippen LogP) is -0.677. The average Bonchev–Trinajstić information content (AvgIpc) is 1.99. The number of aliphatic hydroxyl groups excluding tert-OH is 1. The molecule has 0 aromatic heterocycles. The molecule has 0 aromatic rings. The number of aliphatic hydroxyl groups is 1. The van der Waals surface area contributed by atoms with Gasteiger partial charge < -0.3 is 9.84 Å². The lowest BCUT2D eigenvalue weighted by Crippen LogP contribution is -2.35. The predicted molar refractivity (Wildman–Crippen MR) is 50.0 cm³/mol. The zero-order valence-electron chi connectivity index (χ0n) is 7.99. The van der Waals surface area contributed by atoms with Crippen LogP contribution in [-0.2, 0) is 14.8 Å². The van der Waals surface area contributed by atoms with E-state index >= 15 is 0 Å². The van der Waals surface area contributed by atoms with Crippen molar-refractivity contribution in [2.24, 2.45) is 0 Å². The monoisotopic (exact) mass is 211 g/mol. The normalized spacial score (nSPS) is 14.4. The third kappa shape index (κ3) is 6.94. The van der Waals surface area contributed by atoms with Gasteiger partial charge in [0.2, 0.25) is 10.0 Å². The van der Waals surface area contributed by atoms with Crippen molar-refractivity contribution in [3.8, 4) is 0 Å². The van der Waals surface area contributed by atoms with Crippen LogP contribution in [-0.4, -0.2) is 45.6 Å². The fourth-order valence-corrected chi connectivity index (χ4v) is 1.93. The molecule has 0 spiro atoms. The molecule has 0 aliphatic carbocycles. The maximum Gasteiger partial charge on any atom is 0.214 e. The van der Waals surface area contributed by atoms with Gasteiger partial charge in [-0.3, -0.25) is 0 Å². The first-order valence-corrected chi connectivity index (χ1v) is 5.77. The molecule has 1 unspecified atom stereocenters. The van der Waals surface area contributed by atoms with Crippen LogP contribution in [0.5, 0.6) is 0 Å². The van der Waals surface area contributed by atoms with Gasteiger partial charge in [-0.1, -0.05) is 0 Å². The van der Waals surface area contributed by atoms with Crippen molar-refractivity contribution < 1.29 is 18.3 Å². The maximum absolute atomic E-state index is 11.1. The van der Waals surface area contributed by atoms with E-state index in [-0.39, 0.29) is 18.4 Å². The third-order valence-electron chi connectivity index (χ3n) is 1.50. The van der Waals surface area contributed by atoms with Crippen LogP contribution in [0.1, 0.15) is 13.3 Å². The third-order valence-corrected chi connectivity index (χ3v) is 2.98. The number of sulfonamides is 1. The highest BCUT2D eigenvalue weighted by atomic mass is 32.2. The Morgan fingerprint density at radius 2 is 2.15 bits per heavy atom. The first-order valence-electron chi connectivity index (χ1n) is 4.11. The zero-order chi connectivity index (χ0) is 10.3. The molecule has 0 amide bonds. The first-order chi connectivity index (χ1) is 6.02. The van der Waals surface area contributed by atoms with Crippen LogP contribution in [0.15, 0.2) is 0 Å². The number of rotatable bonds is 7. The van der Waals surface area contributed by atoms with Crippen LogP contribution in [0.4, 0.5) is 0 Å². The minimum atomic E-state index is -3.32. The molecule has 0 aliphatic heterocycles. The van der Waals surface area contributed by atoms with Gasteiger partial charge in [-0.05, 0) is 13.3 Å². The summed E-state index contributed by atoms with van der Waals surface area (Å²) in [4.78, 5) is 0. The Hall–Kier alpha value is -0.170. The standard InChI is InChI=1S/C7H17NO4S/c1-7(3-5-12-2)8-13(10,11)6-4-9/h7-9H,3-6H2,1-2H3. The van der Waals surface area contributed by atoms with Gasteiger partial charge >= 0.3 is 0 Å². The SMILES string of the molecule is COCCC(C)NS(=O)(=O)CCO. The van der Waals surface area contributed by atoms with Gasteiger partial charge in [-0.15, -0.1) is 0 Å². The van der Waals surface area contributed by atoms with Crippen molar-refractivity contribution in [2.75, 3.05) is 26.1 Å². The average molecular weight is 211 g/mol. The van der Waals surface area contributed by atoms with Gasteiger partial charge in [0.05, 0.1) is 12.4 Å². The fourth-order valence-electron chi connectivity index (χ4n) is 0.839. The highest BCUT2D eigenvalue weighted by molar-refractivity contribution is 7.89. The molecule has 0 aliphatic rings. The zero-order valence-corrected chi connectivity index (χ0v) is 8.80. The second kappa shape index (κ2) is 6.31. The number of hydrogen-bond donors (Lipinski definition) is 2. The molecule has 5 nitrogen and oxygen atoms in total. The number of methoxy groups -OCH3 is 1. The molecule has 0 saturated heterocycles. The Morgan fingerprint density at radius 3 is 2.62 bits per heavy atom. The summed E-state index contributed by atoms with van der Waals surface area (Å²) in [5.74, 6) is -0.246. The van der Waals surface area contributed by atoms with Crippen molar-refractivity contribution >= 4 is 10.0 Å². The molecule has 2 N–H and O–H groups in total. The van der Waals surface area contributed by atoms with E-state index in [1.54, 1.807) is 14.0 Å². The van der Waals surface area contributed by atoms with E-state index in [1.807, 2.05) is 0 Å². The number of hydrogen-bond acceptors (Lipinski definition) is 4. The summed E-state index contributed by atoms with van der Waals surface area (Å²) in [6.07, 6.45) is 0.626. The van der Waals surface area contributed by atoms with E-state index in [0.717, 1.165) is 0 Å². The van der Waals surface area contributed by atoms with E-state index in [4.69, 9.17) is 9.84 Å². The Morgan fingerprint density at radius 1 is 1.54 bits per heavy atom. The molecule has 0 aromatic carbocycles. The smallest absolute Gasteiger partial charge is 0.214 e.